The highest BCUT2D eigenvalue weighted by molar-refractivity contribution is 5.83. The number of nitrogens with one attached hydrogen (secondary N) is 1. The highest BCUT2D eigenvalue weighted by Crippen LogP contribution is 2.25. The molecular formula is C17H20F2N4O. The first-order chi connectivity index (χ1) is 11.6. The van der Waals surface area contributed by atoms with Crippen LogP contribution in [0, 0.1) is 0 Å². The Kier molecular flexibility index (Phi) is 4.89. The zero-order valence-electron chi connectivity index (χ0n) is 13.4. The molecule has 1 amide bonds. The van der Waals surface area contributed by atoms with Crippen LogP contribution in [0.4, 0.5) is 8.78 Å². The summed E-state index contributed by atoms with van der Waals surface area (Å²) in [4.78, 5) is 18.4. The number of nitrogens with zero attached hydrogens (tertiary/aromatic N) is 3. The van der Waals surface area contributed by atoms with Gasteiger partial charge in [-0.1, -0.05) is 30.3 Å². The van der Waals surface area contributed by atoms with Gasteiger partial charge in [-0.2, -0.15) is 8.78 Å². The Bertz CT molecular complexity index is 685. The normalized spacial score (nSPS) is 15.7. The third-order valence-corrected chi connectivity index (χ3v) is 4.08. The molecule has 1 atom stereocenters. The van der Waals surface area contributed by atoms with E-state index < -0.39 is 12.6 Å². The Hall–Kier alpha value is -2.28. The molecule has 5 nitrogen and oxygen atoms in total. The maximum Gasteiger partial charge on any atom is 0.319 e. The average Bonchev–Trinajstić information content (AvgIpc) is 3.23. The number of alkyl halides is 2. The van der Waals surface area contributed by atoms with Gasteiger partial charge in [0.25, 0.3) is 0 Å². The minimum atomic E-state index is -2.65. The quantitative estimate of drug-likeness (QED) is 0.847. The molecule has 7 heteroatoms. The van der Waals surface area contributed by atoms with Gasteiger partial charge in [0, 0.05) is 18.4 Å². The van der Waals surface area contributed by atoms with Crippen molar-refractivity contribution in [2.75, 3.05) is 7.05 Å². The lowest BCUT2D eigenvalue weighted by molar-refractivity contribution is -0.126. The molecule has 1 aromatic carbocycles. The first-order valence-corrected chi connectivity index (χ1v) is 7.91. The van der Waals surface area contributed by atoms with Crippen LogP contribution in [0.1, 0.15) is 36.8 Å². The smallest absolute Gasteiger partial charge is 0.319 e. The molecule has 1 heterocycles. The van der Waals surface area contributed by atoms with Gasteiger partial charge in [0.2, 0.25) is 5.91 Å². The highest BCUT2D eigenvalue weighted by Gasteiger charge is 2.31. The number of hydrogen-bond donors (Lipinski definition) is 1. The predicted octanol–water partition coefficient (Wildman–Crippen LogP) is 2.73. The summed E-state index contributed by atoms with van der Waals surface area (Å²) in [6.07, 6.45) is 4.58. The number of likely N-dealkylation sites (N-methyl/N-ethyl adjacent to an activating group) is 1. The minimum Gasteiger partial charge on any atom is -0.352 e. The summed E-state index contributed by atoms with van der Waals surface area (Å²) in [6, 6.07) is 9.03. The molecule has 24 heavy (non-hydrogen) atoms. The Balaban J connectivity index is 1.81. The Labute approximate surface area is 139 Å². The van der Waals surface area contributed by atoms with Crippen molar-refractivity contribution in [1.82, 2.24) is 19.8 Å². The van der Waals surface area contributed by atoms with E-state index in [2.05, 4.69) is 10.3 Å². The number of halogens is 2. The van der Waals surface area contributed by atoms with Gasteiger partial charge < -0.3 is 5.32 Å². The van der Waals surface area contributed by atoms with Crippen molar-refractivity contribution in [3.63, 3.8) is 0 Å². The van der Waals surface area contributed by atoms with Crippen LogP contribution in [0.25, 0.3) is 0 Å². The van der Waals surface area contributed by atoms with E-state index in [0.29, 0.717) is 0 Å². The van der Waals surface area contributed by atoms with Crippen molar-refractivity contribution in [2.24, 2.45) is 0 Å². The molecule has 3 rings (SSSR count). The van der Waals surface area contributed by atoms with Crippen LogP contribution >= 0.6 is 0 Å². The first-order valence-electron chi connectivity index (χ1n) is 7.91. The van der Waals surface area contributed by atoms with Crippen molar-refractivity contribution in [3.05, 3.63) is 54.1 Å². The van der Waals surface area contributed by atoms with E-state index in [0.717, 1.165) is 23.0 Å². The fourth-order valence-electron chi connectivity index (χ4n) is 2.71. The number of carbonyl (C=O) groups excluding carboxylic acids is 1. The SMILES string of the molecule is CN(Cc1nccn1C(F)F)C(C(=O)NC1CC1)c1ccccc1. The number of imidazole rings is 1. The molecule has 128 valence electrons. The van der Waals surface area contributed by atoms with Gasteiger partial charge >= 0.3 is 6.55 Å². The lowest BCUT2D eigenvalue weighted by Crippen LogP contribution is -2.39. The van der Waals surface area contributed by atoms with Gasteiger partial charge in [0.15, 0.2) is 0 Å². The number of carbonyl (C=O) groups is 1. The monoisotopic (exact) mass is 334 g/mol. The van der Waals surface area contributed by atoms with Crippen LogP contribution in [0.5, 0.6) is 0 Å². The van der Waals surface area contributed by atoms with E-state index in [1.54, 1.807) is 11.9 Å². The van der Waals surface area contributed by atoms with E-state index in [1.165, 1.54) is 12.4 Å². The number of benzene rings is 1. The summed E-state index contributed by atoms with van der Waals surface area (Å²) < 4.78 is 26.8. The standard InChI is InChI=1S/C17H20F2N4O/c1-22(11-14-20-9-10-23(14)17(18)19)15(12-5-3-2-4-6-12)16(24)21-13-7-8-13/h2-6,9-10,13,15,17H,7-8,11H2,1H3,(H,21,24). The van der Waals surface area contributed by atoms with Crippen LogP contribution in [0.2, 0.25) is 0 Å². The lowest BCUT2D eigenvalue weighted by Gasteiger charge is -2.27. The lowest BCUT2D eigenvalue weighted by atomic mass is 10.0. The van der Waals surface area contributed by atoms with E-state index in [4.69, 9.17) is 0 Å². The van der Waals surface area contributed by atoms with Gasteiger partial charge in [0.1, 0.15) is 11.9 Å². The predicted molar refractivity (Wildman–Crippen MR) is 85.3 cm³/mol. The molecule has 1 aliphatic rings. The molecule has 1 N–H and O–H groups in total. The molecule has 0 saturated heterocycles. The number of hydrogen-bond acceptors (Lipinski definition) is 3. The summed E-state index contributed by atoms with van der Waals surface area (Å²) in [5.41, 5.74) is 0.827. The topological polar surface area (TPSA) is 50.2 Å². The van der Waals surface area contributed by atoms with Crippen molar-refractivity contribution >= 4 is 5.91 Å². The summed E-state index contributed by atoms with van der Waals surface area (Å²) in [6.45, 7) is -2.50. The van der Waals surface area contributed by atoms with Crippen molar-refractivity contribution in [1.29, 1.82) is 0 Å². The van der Waals surface area contributed by atoms with Crippen molar-refractivity contribution in [3.8, 4) is 0 Å². The molecule has 0 spiro atoms. The van der Waals surface area contributed by atoms with Crippen molar-refractivity contribution < 1.29 is 13.6 Å². The molecule has 1 saturated carbocycles. The number of aromatic nitrogens is 2. The maximum atomic E-state index is 13.0. The largest absolute Gasteiger partial charge is 0.352 e. The third kappa shape index (κ3) is 3.79. The minimum absolute atomic E-state index is 0.110. The van der Waals surface area contributed by atoms with E-state index in [9.17, 15) is 13.6 Å². The van der Waals surface area contributed by atoms with E-state index >= 15 is 0 Å². The molecule has 0 aliphatic heterocycles. The summed E-state index contributed by atoms with van der Waals surface area (Å²) in [5, 5.41) is 2.99. The Morgan fingerprint density at radius 3 is 2.71 bits per heavy atom. The molecular weight excluding hydrogens is 314 g/mol. The number of rotatable bonds is 7. The van der Waals surface area contributed by atoms with Gasteiger partial charge in [-0.3, -0.25) is 14.3 Å². The van der Waals surface area contributed by atoms with Crippen LogP contribution in [-0.4, -0.2) is 33.4 Å². The molecule has 0 radical (unpaired) electrons. The third-order valence-electron chi connectivity index (χ3n) is 4.08. The average molecular weight is 334 g/mol. The van der Waals surface area contributed by atoms with Gasteiger partial charge in [-0.15, -0.1) is 0 Å². The Morgan fingerprint density at radius 2 is 2.08 bits per heavy atom. The zero-order valence-corrected chi connectivity index (χ0v) is 13.4. The van der Waals surface area contributed by atoms with Gasteiger partial charge in [-0.05, 0) is 25.5 Å². The summed E-state index contributed by atoms with van der Waals surface area (Å²) in [7, 11) is 1.74. The maximum absolute atomic E-state index is 13.0. The molecule has 1 fully saturated rings. The van der Waals surface area contributed by atoms with E-state index in [-0.39, 0.29) is 24.3 Å². The van der Waals surface area contributed by atoms with Gasteiger partial charge in [-0.25, -0.2) is 4.98 Å². The second kappa shape index (κ2) is 7.09. The Morgan fingerprint density at radius 1 is 1.38 bits per heavy atom. The molecule has 1 aromatic heterocycles. The van der Waals surface area contributed by atoms with Crippen LogP contribution in [0.15, 0.2) is 42.7 Å². The molecule has 1 aliphatic carbocycles. The second-order valence-corrected chi connectivity index (χ2v) is 6.04. The fraction of sp³-hybridized carbons (Fsp3) is 0.412. The molecule has 0 bridgehead atoms. The zero-order chi connectivity index (χ0) is 17.1. The van der Waals surface area contributed by atoms with Crippen LogP contribution in [0.3, 0.4) is 0 Å². The molecule has 2 aromatic rings. The van der Waals surface area contributed by atoms with Crippen LogP contribution < -0.4 is 5.32 Å². The fourth-order valence-corrected chi connectivity index (χ4v) is 2.71. The van der Waals surface area contributed by atoms with Gasteiger partial charge in [0.05, 0.1) is 6.54 Å². The highest BCUT2D eigenvalue weighted by atomic mass is 19.3. The van der Waals surface area contributed by atoms with E-state index in [1.807, 2.05) is 30.3 Å². The first kappa shape index (κ1) is 16.6. The summed E-state index contributed by atoms with van der Waals surface area (Å²) in [5.74, 6) is 0.119. The van der Waals surface area contributed by atoms with Crippen LogP contribution in [-0.2, 0) is 11.3 Å². The summed E-state index contributed by atoms with van der Waals surface area (Å²) >= 11 is 0. The second-order valence-electron chi connectivity index (χ2n) is 6.04. The number of amides is 1. The van der Waals surface area contributed by atoms with Crippen molar-refractivity contribution in [2.45, 2.75) is 38.0 Å². The molecule has 1 unspecified atom stereocenters.